The summed E-state index contributed by atoms with van der Waals surface area (Å²) >= 11 is 1.93. The molecule has 0 unspecified atom stereocenters. The van der Waals surface area contributed by atoms with Crippen LogP contribution in [0, 0.1) is 0 Å². The van der Waals surface area contributed by atoms with Crippen molar-refractivity contribution >= 4 is 40.8 Å². The zero-order valence-corrected chi connectivity index (χ0v) is 18.4. The molecule has 1 N–H and O–H groups in total. The Morgan fingerprint density at radius 2 is 2.16 bits per heavy atom. The lowest BCUT2D eigenvalue weighted by Crippen LogP contribution is -2.48. The summed E-state index contributed by atoms with van der Waals surface area (Å²) in [6.07, 6.45) is 5.17. The first kappa shape index (κ1) is 19.5. The number of anilines is 4. The average Bonchev–Trinajstić information content (AvgIpc) is 3.51. The number of carbonyl (C=O) groups is 1. The predicted molar refractivity (Wildman–Crippen MR) is 128 cm³/mol. The zero-order valence-electron chi connectivity index (χ0n) is 17.6. The van der Waals surface area contributed by atoms with E-state index < -0.39 is 0 Å². The number of carbonyl (C=O) groups excluding carboxylic acids is 1. The molecule has 3 aliphatic rings. The highest BCUT2D eigenvalue weighted by molar-refractivity contribution is 7.99. The van der Waals surface area contributed by atoms with E-state index in [2.05, 4.69) is 32.2 Å². The summed E-state index contributed by atoms with van der Waals surface area (Å²) in [5.74, 6) is 4.51. The topological polar surface area (TPSA) is 77.7 Å². The first-order chi connectivity index (χ1) is 15.8. The molecular formula is C23H24N6O2S. The van der Waals surface area contributed by atoms with Gasteiger partial charge in [0.05, 0.1) is 23.8 Å². The van der Waals surface area contributed by atoms with Crippen LogP contribution in [0.1, 0.15) is 12.8 Å². The van der Waals surface area contributed by atoms with Crippen molar-refractivity contribution < 1.29 is 9.21 Å². The van der Waals surface area contributed by atoms with E-state index in [9.17, 15) is 4.79 Å². The number of hydrogen-bond acceptors (Lipinski definition) is 7. The molecule has 0 radical (unpaired) electrons. The third-order valence-electron chi connectivity index (χ3n) is 6.27. The van der Waals surface area contributed by atoms with Crippen molar-refractivity contribution in [2.45, 2.75) is 18.9 Å². The van der Waals surface area contributed by atoms with Crippen LogP contribution >= 0.6 is 11.8 Å². The lowest BCUT2D eigenvalue weighted by Gasteiger charge is -2.37. The van der Waals surface area contributed by atoms with Crippen molar-refractivity contribution in [2.75, 3.05) is 51.3 Å². The van der Waals surface area contributed by atoms with Gasteiger partial charge < -0.3 is 19.5 Å². The Bertz CT molecular complexity index is 1130. The molecule has 2 aromatic heterocycles. The first-order valence-corrected chi connectivity index (χ1v) is 12.1. The highest BCUT2D eigenvalue weighted by Gasteiger charge is 2.40. The molecule has 5 heterocycles. The number of oxazole rings is 1. The van der Waals surface area contributed by atoms with Crippen molar-refractivity contribution in [1.29, 1.82) is 0 Å². The Kier molecular flexibility index (Phi) is 4.90. The normalized spacial score (nSPS) is 19.8. The van der Waals surface area contributed by atoms with Gasteiger partial charge in [-0.2, -0.15) is 0 Å². The van der Waals surface area contributed by atoms with Crippen LogP contribution in [0.2, 0.25) is 0 Å². The summed E-state index contributed by atoms with van der Waals surface area (Å²) in [5.41, 5.74) is 2.63. The zero-order chi connectivity index (χ0) is 21.5. The third-order valence-corrected chi connectivity index (χ3v) is 7.35. The molecule has 6 rings (SSSR count). The Hall–Kier alpha value is -3.20. The van der Waals surface area contributed by atoms with Gasteiger partial charge in [-0.25, -0.2) is 14.8 Å². The van der Waals surface area contributed by atoms with Gasteiger partial charge in [0.15, 0.2) is 18.0 Å². The molecule has 164 valence electrons. The Balaban J connectivity index is 1.30. The van der Waals surface area contributed by atoms with Crippen LogP contribution in [0.25, 0.3) is 11.3 Å². The van der Waals surface area contributed by atoms with E-state index in [1.807, 2.05) is 40.9 Å². The van der Waals surface area contributed by atoms with E-state index in [1.54, 1.807) is 6.20 Å². The molecule has 1 atom stereocenters. The number of nitrogens with one attached hydrogen (secondary N) is 1. The highest BCUT2D eigenvalue weighted by atomic mass is 32.2. The van der Waals surface area contributed by atoms with Crippen molar-refractivity contribution in [2.24, 2.45) is 0 Å². The number of thioether (sulfide) groups is 1. The third kappa shape index (κ3) is 3.46. The molecule has 32 heavy (non-hydrogen) atoms. The van der Waals surface area contributed by atoms with Crippen molar-refractivity contribution in [3.05, 3.63) is 49.0 Å². The highest BCUT2D eigenvalue weighted by Crippen LogP contribution is 2.40. The van der Waals surface area contributed by atoms with Crippen LogP contribution in [0.3, 0.4) is 0 Å². The molecule has 0 aliphatic carbocycles. The minimum absolute atomic E-state index is 0.124. The number of amides is 2. The van der Waals surface area contributed by atoms with Gasteiger partial charge in [0.1, 0.15) is 5.82 Å². The number of benzene rings is 1. The molecule has 2 amide bonds. The van der Waals surface area contributed by atoms with Gasteiger partial charge in [0.25, 0.3) is 0 Å². The molecule has 0 saturated carbocycles. The largest absolute Gasteiger partial charge is 0.444 e. The quantitative estimate of drug-likeness (QED) is 0.641. The molecule has 0 spiro atoms. The second-order valence-electron chi connectivity index (χ2n) is 8.30. The van der Waals surface area contributed by atoms with Crippen LogP contribution in [-0.4, -0.2) is 53.3 Å². The first-order valence-electron chi connectivity index (χ1n) is 10.9. The fourth-order valence-corrected chi connectivity index (χ4v) is 5.65. The number of nitrogens with zero attached hydrogens (tertiary/aromatic N) is 5. The average molecular weight is 449 g/mol. The fourth-order valence-electron chi connectivity index (χ4n) is 4.71. The predicted octanol–water partition coefficient (Wildman–Crippen LogP) is 4.27. The van der Waals surface area contributed by atoms with Gasteiger partial charge >= 0.3 is 6.03 Å². The monoisotopic (exact) mass is 448 g/mol. The van der Waals surface area contributed by atoms with Gasteiger partial charge in [0.2, 0.25) is 0 Å². The van der Waals surface area contributed by atoms with Crippen LogP contribution < -0.4 is 20.0 Å². The van der Waals surface area contributed by atoms with Crippen molar-refractivity contribution in [3.63, 3.8) is 0 Å². The molecular weight excluding hydrogens is 424 g/mol. The number of pyridine rings is 1. The second-order valence-corrected chi connectivity index (χ2v) is 9.38. The van der Waals surface area contributed by atoms with E-state index in [0.29, 0.717) is 5.76 Å². The standard InChI is InChI=1S/C23H24N6O2S/c30-23(25-17-4-1-3-16(11-17)20-12-24-14-31-20)29-18-7-9-27(13-18)19-5-6-21(26-22(19)29)28-8-2-10-32-15-28/h1,3-6,11-12,14,18H,2,7-10,13,15H2,(H,25,30)/t18-/m0/s1. The molecule has 2 bridgehead atoms. The van der Waals surface area contributed by atoms with Gasteiger partial charge in [-0.1, -0.05) is 12.1 Å². The number of fused-ring (bicyclic) bond motifs is 4. The molecule has 2 fully saturated rings. The Morgan fingerprint density at radius 1 is 1.19 bits per heavy atom. The van der Waals surface area contributed by atoms with E-state index in [4.69, 9.17) is 9.40 Å². The van der Waals surface area contributed by atoms with Crippen LogP contribution in [0.15, 0.2) is 53.4 Å². The fraction of sp³-hybridized carbons (Fsp3) is 0.348. The summed E-state index contributed by atoms with van der Waals surface area (Å²) in [5, 5.41) is 3.09. The van der Waals surface area contributed by atoms with E-state index >= 15 is 0 Å². The maximum Gasteiger partial charge on any atom is 0.327 e. The van der Waals surface area contributed by atoms with Crippen LogP contribution in [0.4, 0.5) is 27.8 Å². The summed E-state index contributed by atoms with van der Waals surface area (Å²) < 4.78 is 5.40. The van der Waals surface area contributed by atoms with E-state index in [-0.39, 0.29) is 12.1 Å². The molecule has 2 saturated heterocycles. The summed E-state index contributed by atoms with van der Waals surface area (Å²) in [7, 11) is 0. The number of hydrogen-bond donors (Lipinski definition) is 1. The number of aromatic nitrogens is 2. The van der Waals surface area contributed by atoms with Crippen molar-refractivity contribution in [3.8, 4) is 11.3 Å². The summed E-state index contributed by atoms with van der Waals surface area (Å²) in [4.78, 5) is 29.0. The van der Waals surface area contributed by atoms with Crippen molar-refractivity contribution in [1.82, 2.24) is 9.97 Å². The van der Waals surface area contributed by atoms with Gasteiger partial charge in [-0.05, 0) is 42.9 Å². The number of urea groups is 1. The Labute approximate surface area is 190 Å². The number of rotatable bonds is 3. The maximum atomic E-state index is 13.5. The molecule has 1 aromatic carbocycles. The Morgan fingerprint density at radius 3 is 3.00 bits per heavy atom. The van der Waals surface area contributed by atoms with Gasteiger partial charge in [0, 0.05) is 30.9 Å². The molecule has 3 aromatic rings. The minimum atomic E-state index is -0.148. The minimum Gasteiger partial charge on any atom is -0.444 e. The lowest BCUT2D eigenvalue weighted by molar-refractivity contribution is 0.255. The lowest BCUT2D eigenvalue weighted by atomic mass is 10.1. The van der Waals surface area contributed by atoms with Gasteiger partial charge in [-0.15, -0.1) is 11.8 Å². The second kappa shape index (κ2) is 8.05. The van der Waals surface area contributed by atoms with Crippen LogP contribution in [0.5, 0.6) is 0 Å². The smallest absolute Gasteiger partial charge is 0.327 e. The summed E-state index contributed by atoms with van der Waals surface area (Å²) in [6.45, 7) is 2.80. The van der Waals surface area contributed by atoms with Gasteiger partial charge in [-0.3, -0.25) is 4.90 Å². The van der Waals surface area contributed by atoms with Crippen LogP contribution in [-0.2, 0) is 0 Å². The molecule has 9 heteroatoms. The van der Waals surface area contributed by atoms with E-state index in [1.165, 1.54) is 12.1 Å². The van der Waals surface area contributed by atoms with E-state index in [0.717, 1.165) is 66.9 Å². The SMILES string of the molecule is O=C(Nc1cccc(-c2cnco2)c1)N1c2nc(N3CCCSC3)ccc2N2CC[C@H]1C2. The molecule has 8 nitrogen and oxygen atoms in total. The molecule has 3 aliphatic heterocycles. The summed E-state index contributed by atoms with van der Waals surface area (Å²) in [6, 6.07) is 11.8. The maximum absolute atomic E-state index is 13.5.